The predicted molar refractivity (Wildman–Crippen MR) is 174 cm³/mol. The van der Waals surface area contributed by atoms with Crippen molar-refractivity contribution in [1.82, 2.24) is 20.1 Å². The van der Waals surface area contributed by atoms with Crippen LogP contribution in [-0.2, 0) is 10.3 Å². The van der Waals surface area contributed by atoms with Crippen molar-refractivity contribution < 1.29 is 9.18 Å². The molecule has 2 aliphatic rings. The van der Waals surface area contributed by atoms with E-state index in [2.05, 4.69) is 46.7 Å². The molecule has 1 amide bonds. The summed E-state index contributed by atoms with van der Waals surface area (Å²) in [5.74, 6) is -0.296. The number of benzene rings is 4. The first-order valence-corrected chi connectivity index (χ1v) is 15.4. The van der Waals surface area contributed by atoms with E-state index in [4.69, 9.17) is 5.10 Å². The molecule has 8 rings (SSSR count). The van der Waals surface area contributed by atoms with Gasteiger partial charge in [0.1, 0.15) is 11.2 Å². The van der Waals surface area contributed by atoms with Gasteiger partial charge in [0, 0.05) is 35.9 Å². The molecule has 2 aromatic heterocycles. The summed E-state index contributed by atoms with van der Waals surface area (Å²) in [5, 5.41) is 9.46. The average molecular weight is 594 g/mol. The van der Waals surface area contributed by atoms with Gasteiger partial charge in [-0.25, -0.2) is 9.07 Å². The Hall–Kier alpha value is -5.14. The van der Waals surface area contributed by atoms with Crippen LogP contribution >= 0.6 is 0 Å². The molecule has 0 unspecified atom stereocenters. The van der Waals surface area contributed by atoms with Gasteiger partial charge in [0.25, 0.3) is 0 Å². The van der Waals surface area contributed by atoms with Crippen LogP contribution in [0.3, 0.4) is 0 Å². The highest BCUT2D eigenvalue weighted by molar-refractivity contribution is 6.03. The highest BCUT2D eigenvalue weighted by atomic mass is 19.1. The van der Waals surface area contributed by atoms with Crippen LogP contribution in [0, 0.1) is 11.2 Å². The monoisotopic (exact) mass is 593 g/mol. The number of rotatable bonds is 6. The number of halogens is 1. The van der Waals surface area contributed by atoms with Crippen LogP contribution in [0.5, 0.6) is 0 Å². The molecule has 7 heteroatoms. The molecule has 2 aliphatic heterocycles. The van der Waals surface area contributed by atoms with Crippen LogP contribution in [0.15, 0.2) is 128 Å². The molecule has 4 heterocycles. The maximum atomic E-state index is 15.6. The van der Waals surface area contributed by atoms with Crippen molar-refractivity contribution >= 4 is 22.5 Å². The van der Waals surface area contributed by atoms with Gasteiger partial charge in [-0.05, 0) is 60.3 Å². The lowest BCUT2D eigenvalue weighted by atomic mass is 9.77. The molecule has 6 nitrogen and oxygen atoms in total. The summed E-state index contributed by atoms with van der Waals surface area (Å²) < 4.78 is 17.6. The number of anilines is 1. The van der Waals surface area contributed by atoms with E-state index in [1.807, 2.05) is 82.4 Å². The second-order valence-corrected chi connectivity index (χ2v) is 12.0. The Kier molecular flexibility index (Phi) is 6.57. The molecule has 6 aromatic rings. The SMILES string of the molecule is O=C1N(c2ccc3c(c2)c(-c2ccncc2F)nn3C(c2ccccc2)(c2ccccc2)c2ccccc2)CC[C@]12CCNC2. The number of carbonyl (C=O) groups is 1. The quantitative estimate of drug-likeness (QED) is 0.216. The Morgan fingerprint density at radius 3 is 2.02 bits per heavy atom. The van der Waals surface area contributed by atoms with Crippen molar-refractivity contribution in [3.05, 3.63) is 150 Å². The highest BCUT2D eigenvalue weighted by Gasteiger charge is 2.49. The molecular formula is C38H32FN5O. The third-order valence-electron chi connectivity index (χ3n) is 9.65. The Morgan fingerprint density at radius 2 is 1.44 bits per heavy atom. The average Bonchev–Trinajstić information content (AvgIpc) is 3.81. The zero-order chi connectivity index (χ0) is 30.4. The fourth-order valence-electron chi connectivity index (χ4n) is 7.41. The smallest absolute Gasteiger partial charge is 0.234 e. The molecule has 1 atom stereocenters. The van der Waals surface area contributed by atoms with E-state index in [0.29, 0.717) is 24.3 Å². The highest BCUT2D eigenvalue weighted by Crippen LogP contribution is 2.46. The van der Waals surface area contributed by atoms with Gasteiger partial charge < -0.3 is 10.2 Å². The first kappa shape index (κ1) is 27.4. The van der Waals surface area contributed by atoms with E-state index in [0.717, 1.165) is 52.7 Å². The molecule has 0 radical (unpaired) electrons. The normalized spacial score (nSPS) is 18.3. The summed E-state index contributed by atoms with van der Waals surface area (Å²) in [5.41, 5.74) is 4.30. The molecule has 0 aliphatic carbocycles. The van der Waals surface area contributed by atoms with E-state index in [1.165, 1.54) is 6.20 Å². The molecular weight excluding hydrogens is 561 g/mol. The number of carbonyl (C=O) groups excluding carboxylic acids is 1. The van der Waals surface area contributed by atoms with E-state index >= 15 is 4.39 Å². The molecule has 2 fully saturated rings. The minimum absolute atomic E-state index is 0.156. The number of pyridine rings is 1. The number of hydrogen-bond donors (Lipinski definition) is 1. The lowest BCUT2D eigenvalue weighted by Gasteiger charge is -2.37. The number of fused-ring (bicyclic) bond motifs is 1. The summed E-state index contributed by atoms with van der Waals surface area (Å²) in [6.45, 7) is 2.22. The summed E-state index contributed by atoms with van der Waals surface area (Å²) in [7, 11) is 0. The lowest BCUT2D eigenvalue weighted by Crippen LogP contribution is -2.38. The van der Waals surface area contributed by atoms with Crippen molar-refractivity contribution in [3.63, 3.8) is 0 Å². The maximum Gasteiger partial charge on any atom is 0.234 e. The largest absolute Gasteiger partial charge is 0.316 e. The third kappa shape index (κ3) is 4.22. The van der Waals surface area contributed by atoms with E-state index in [9.17, 15) is 4.79 Å². The summed E-state index contributed by atoms with van der Waals surface area (Å²) in [6.07, 6.45) is 4.49. The standard InChI is InChI=1S/C38H32FN5O/c39-33-25-40-21-18-31(33)35-32-24-30(43-23-20-37(36(43)45)19-22-41-26-37)16-17-34(32)44(42-35)38(27-10-4-1-5-11-27,28-12-6-2-7-13-28)29-14-8-3-9-15-29/h1-18,21,24-25,41H,19-20,22-23,26H2/t37-/m0/s1. The number of hydrogen-bond acceptors (Lipinski definition) is 4. The number of nitrogens with zero attached hydrogens (tertiary/aromatic N) is 4. The molecule has 4 aromatic carbocycles. The molecule has 0 bridgehead atoms. The van der Waals surface area contributed by atoms with Gasteiger partial charge in [0.05, 0.1) is 17.1 Å². The predicted octanol–water partition coefficient (Wildman–Crippen LogP) is 6.79. The first-order chi connectivity index (χ1) is 22.1. The van der Waals surface area contributed by atoms with E-state index < -0.39 is 11.4 Å². The van der Waals surface area contributed by atoms with Gasteiger partial charge in [0.15, 0.2) is 5.82 Å². The maximum absolute atomic E-state index is 15.6. The molecule has 1 spiro atoms. The minimum Gasteiger partial charge on any atom is -0.316 e. The second kappa shape index (κ2) is 10.8. The zero-order valence-corrected chi connectivity index (χ0v) is 24.7. The van der Waals surface area contributed by atoms with Gasteiger partial charge in [-0.15, -0.1) is 0 Å². The van der Waals surface area contributed by atoms with Crippen molar-refractivity contribution in [2.45, 2.75) is 18.4 Å². The van der Waals surface area contributed by atoms with Crippen molar-refractivity contribution in [1.29, 1.82) is 0 Å². The third-order valence-corrected chi connectivity index (χ3v) is 9.65. The van der Waals surface area contributed by atoms with Gasteiger partial charge in [-0.3, -0.25) is 9.78 Å². The summed E-state index contributed by atoms with van der Waals surface area (Å²) in [6, 6.07) is 38.7. The minimum atomic E-state index is -0.895. The van der Waals surface area contributed by atoms with E-state index in [1.54, 1.807) is 12.3 Å². The number of amides is 1. The van der Waals surface area contributed by atoms with Crippen LogP contribution in [0.1, 0.15) is 29.5 Å². The Morgan fingerprint density at radius 1 is 0.800 bits per heavy atom. The Bertz CT molecular complexity index is 1910. The second-order valence-electron chi connectivity index (χ2n) is 12.0. The van der Waals surface area contributed by atoms with Crippen LogP contribution in [0.4, 0.5) is 10.1 Å². The lowest BCUT2D eigenvalue weighted by molar-refractivity contribution is -0.124. The van der Waals surface area contributed by atoms with Crippen molar-refractivity contribution in [2.75, 3.05) is 24.5 Å². The van der Waals surface area contributed by atoms with Gasteiger partial charge in [-0.1, -0.05) is 91.0 Å². The van der Waals surface area contributed by atoms with Crippen LogP contribution in [0.25, 0.3) is 22.2 Å². The van der Waals surface area contributed by atoms with Crippen molar-refractivity contribution in [3.8, 4) is 11.3 Å². The van der Waals surface area contributed by atoms with Gasteiger partial charge in [-0.2, -0.15) is 5.10 Å². The van der Waals surface area contributed by atoms with Gasteiger partial charge in [0.2, 0.25) is 5.91 Å². The fraction of sp³-hybridized carbons (Fsp3) is 0.184. The van der Waals surface area contributed by atoms with E-state index in [-0.39, 0.29) is 11.3 Å². The molecule has 1 N–H and O–H groups in total. The topological polar surface area (TPSA) is 63.1 Å². The Labute approximate surface area is 261 Å². The Balaban J connectivity index is 1.44. The molecule has 222 valence electrons. The zero-order valence-electron chi connectivity index (χ0n) is 24.7. The molecule has 2 saturated heterocycles. The molecule has 0 saturated carbocycles. The van der Waals surface area contributed by atoms with Crippen molar-refractivity contribution in [2.24, 2.45) is 5.41 Å². The summed E-state index contributed by atoms with van der Waals surface area (Å²) >= 11 is 0. The van der Waals surface area contributed by atoms with Crippen LogP contribution in [-0.4, -0.2) is 40.3 Å². The first-order valence-electron chi connectivity index (χ1n) is 15.4. The van der Waals surface area contributed by atoms with Crippen LogP contribution < -0.4 is 10.2 Å². The fourth-order valence-corrected chi connectivity index (χ4v) is 7.41. The molecule has 45 heavy (non-hydrogen) atoms. The van der Waals surface area contributed by atoms with Crippen LogP contribution in [0.2, 0.25) is 0 Å². The number of nitrogens with one attached hydrogen (secondary N) is 1. The van der Waals surface area contributed by atoms with Gasteiger partial charge >= 0.3 is 0 Å². The number of aromatic nitrogens is 3. The summed E-state index contributed by atoms with van der Waals surface area (Å²) in [4.78, 5) is 19.7.